The van der Waals surface area contributed by atoms with E-state index in [1.807, 2.05) is 24.3 Å². The molecule has 3 rings (SSSR count). The highest BCUT2D eigenvalue weighted by Gasteiger charge is 2.49. The number of hydrogen-bond acceptors (Lipinski definition) is 4. The summed E-state index contributed by atoms with van der Waals surface area (Å²) in [7, 11) is 0. The summed E-state index contributed by atoms with van der Waals surface area (Å²) in [5.74, 6) is -0.486. The van der Waals surface area contributed by atoms with Crippen molar-refractivity contribution in [2.75, 3.05) is 12.3 Å². The fourth-order valence-corrected chi connectivity index (χ4v) is 2.99. The van der Waals surface area contributed by atoms with Gasteiger partial charge in [-0.2, -0.15) is 0 Å². The van der Waals surface area contributed by atoms with E-state index in [-0.39, 0.29) is 18.8 Å². The van der Waals surface area contributed by atoms with Crippen LogP contribution in [0.4, 0.5) is 5.69 Å². The summed E-state index contributed by atoms with van der Waals surface area (Å²) in [4.78, 5) is 0. The predicted molar refractivity (Wildman–Crippen MR) is 67.8 cm³/mol. The van der Waals surface area contributed by atoms with Crippen molar-refractivity contribution < 1.29 is 14.6 Å². The zero-order valence-electron chi connectivity index (χ0n) is 10.3. The van der Waals surface area contributed by atoms with Crippen LogP contribution in [0.5, 0.6) is 0 Å². The first-order valence-corrected chi connectivity index (χ1v) is 6.55. The number of ether oxygens (including phenoxy) is 2. The molecule has 1 aliphatic heterocycles. The lowest BCUT2D eigenvalue weighted by Gasteiger charge is -2.22. The number of aliphatic hydroxyl groups is 1. The largest absolute Gasteiger partial charge is 0.398 e. The van der Waals surface area contributed by atoms with Gasteiger partial charge in [0.05, 0.1) is 6.61 Å². The summed E-state index contributed by atoms with van der Waals surface area (Å²) in [6.07, 6.45) is 3.49. The molecule has 1 unspecified atom stereocenters. The molecule has 1 aromatic carbocycles. The molecule has 2 atom stereocenters. The maximum Gasteiger partial charge on any atom is 0.169 e. The van der Waals surface area contributed by atoms with Crippen molar-refractivity contribution in [1.29, 1.82) is 0 Å². The van der Waals surface area contributed by atoms with E-state index in [1.54, 1.807) is 0 Å². The molecule has 4 heteroatoms. The molecule has 1 aromatic rings. The summed E-state index contributed by atoms with van der Waals surface area (Å²) in [5, 5.41) is 9.49. The molecule has 1 saturated carbocycles. The Balaban J connectivity index is 1.89. The van der Waals surface area contributed by atoms with Gasteiger partial charge < -0.3 is 20.3 Å². The Labute approximate surface area is 107 Å². The molecule has 1 heterocycles. The molecule has 3 N–H and O–H groups in total. The van der Waals surface area contributed by atoms with Gasteiger partial charge in [-0.3, -0.25) is 0 Å². The molecule has 0 amide bonds. The second kappa shape index (κ2) is 4.53. The lowest BCUT2D eigenvalue weighted by Crippen LogP contribution is -2.27. The zero-order chi connectivity index (χ0) is 12.6. The molecule has 1 saturated heterocycles. The van der Waals surface area contributed by atoms with Crippen molar-refractivity contribution in [3.8, 4) is 0 Å². The Kier molecular flexibility index (Phi) is 3.01. The average Bonchev–Trinajstić information content (AvgIpc) is 2.98. The van der Waals surface area contributed by atoms with E-state index in [0.717, 1.165) is 31.2 Å². The summed E-state index contributed by atoms with van der Waals surface area (Å²) in [5.41, 5.74) is 7.60. The predicted octanol–water partition coefficient (Wildman–Crippen LogP) is 1.99. The monoisotopic (exact) mass is 249 g/mol. The number of rotatable bonds is 2. The highest BCUT2D eigenvalue weighted by atomic mass is 16.8. The van der Waals surface area contributed by atoms with Gasteiger partial charge in [0, 0.05) is 24.1 Å². The topological polar surface area (TPSA) is 64.7 Å². The van der Waals surface area contributed by atoms with Gasteiger partial charge in [-0.25, -0.2) is 0 Å². The van der Waals surface area contributed by atoms with Crippen LogP contribution in [0.1, 0.15) is 37.4 Å². The summed E-state index contributed by atoms with van der Waals surface area (Å²) >= 11 is 0. The van der Waals surface area contributed by atoms with Crippen LogP contribution >= 0.6 is 0 Å². The van der Waals surface area contributed by atoms with Gasteiger partial charge in [0.2, 0.25) is 0 Å². The van der Waals surface area contributed by atoms with E-state index < -0.39 is 5.79 Å². The Morgan fingerprint density at radius 1 is 1.22 bits per heavy atom. The van der Waals surface area contributed by atoms with Gasteiger partial charge >= 0.3 is 0 Å². The lowest BCUT2D eigenvalue weighted by molar-refractivity contribution is -0.172. The second-order valence-electron chi connectivity index (χ2n) is 5.12. The Hall–Kier alpha value is -1.10. The van der Waals surface area contributed by atoms with E-state index in [2.05, 4.69) is 0 Å². The van der Waals surface area contributed by atoms with Crippen molar-refractivity contribution in [1.82, 2.24) is 0 Å². The SMILES string of the molecule is Nc1ccccc1[C@H]1OC2(CCCC2)OC1CO. The molecule has 0 aromatic heterocycles. The fourth-order valence-electron chi connectivity index (χ4n) is 2.99. The average molecular weight is 249 g/mol. The minimum Gasteiger partial charge on any atom is -0.398 e. The van der Waals surface area contributed by atoms with Gasteiger partial charge in [-0.15, -0.1) is 0 Å². The minimum absolute atomic E-state index is 0.0409. The van der Waals surface area contributed by atoms with Gasteiger partial charge in [-0.1, -0.05) is 18.2 Å². The van der Waals surface area contributed by atoms with Crippen LogP contribution in [-0.2, 0) is 9.47 Å². The van der Waals surface area contributed by atoms with Crippen LogP contribution in [0.2, 0.25) is 0 Å². The number of benzene rings is 1. The second-order valence-corrected chi connectivity index (χ2v) is 5.12. The molecule has 0 radical (unpaired) electrons. The highest BCUT2D eigenvalue weighted by Crippen LogP contribution is 2.47. The minimum atomic E-state index is -0.486. The van der Waals surface area contributed by atoms with Gasteiger partial charge in [0.1, 0.15) is 12.2 Å². The standard InChI is InChI=1S/C14H19NO3/c15-11-6-2-1-5-10(11)13-12(9-16)17-14(18-13)7-3-4-8-14/h1-2,5-6,12-13,16H,3-4,7-9,15H2/t12?,13-/m1/s1. The Morgan fingerprint density at radius 3 is 2.61 bits per heavy atom. The molecular weight excluding hydrogens is 230 g/mol. The third-order valence-electron chi connectivity index (χ3n) is 3.89. The first kappa shape index (κ1) is 12.0. The van der Waals surface area contributed by atoms with E-state index in [1.165, 1.54) is 0 Å². The zero-order valence-corrected chi connectivity index (χ0v) is 10.3. The van der Waals surface area contributed by atoms with Crippen molar-refractivity contribution in [2.45, 2.75) is 43.7 Å². The molecule has 2 fully saturated rings. The van der Waals surface area contributed by atoms with E-state index in [4.69, 9.17) is 15.2 Å². The van der Waals surface area contributed by atoms with E-state index in [9.17, 15) is 5.11 Å². The van der Waals surface area contributed by atoms with Crippen LogP contribution in [-0.4, -0.2) is 23.6 Å². The molecule has 1 spiro atoms. The van der Waals surface area contributed by atoms with Crippen LogP contribution in [0, 0.1) is 0 Å². The maximum absolute atomic E-state index is 9.49. The van der Waals surface area contributed by atoms with E-state index in [0.29, 0.717) is 5.69 Å². The third kappa shape index (κ3) is 1.90. The molecule has 1 aliphatic carbocycles. The molecule has 0 bridgehead atoms. The summed E-state index contributed by atoms with van der Waals surface area (Å²) in [6.45, 7) is -0.0409. The van der Waals surface area contributed by atoms with Crippen molar-refractivity contribution in [3.63, 3.8) is 0 Å². The van der Waals surface area contributed by atoms with Crippen LogP contribution in [0.15, 0.2) is 24.3 Å². The Bertz CT molecular complexity index is 429. The van der Waals surface area contributed by atoms with Crippen LogP contribution < -0.4 is 5.73 Å². The number of hydrogen-bond donors (Lipinski definition) is 2. The van der Waals surface area contributed by atoms with E-state index >= 15 is 0 Å². The molecule has 98 valence electrons. The molecule has 4 nitrogen and oxygen atoms in total. The number of nitrogen functional groups attached to an aromatic ring is 1. The first-order valence-electron chi connectivity index (χ1n) is 6.55. The quantitative estimate of drug-likeness (QED) is 0.787. The van der Waals surface area contributed by atoms with Gasteiger partial charge in [0.25, 0.3) is 0 Å². The fraction of sp³-hybridized carbons (Fsp3) is 0.571. The number of para-hydroxylation sites is 1. The number of anilines is 1. The number of nitrogens with two attached hydrogens (primary N) is 1. The van der Waals surface area contributed by atoms with Crippen molar-refractivity contribution >= 4 is 5.69 Å². The Morgan fingerprint density at radius 2 is 1.94 bits per heavy atom. The van der Waals surface area contributed by atoms with Crippen LogP contribution in [0.25, 0.3) is 0 Å². The summed E-state index contributed by atoms with van der Waals surface area (Å²) < 4.78 is 12.1. The highest BCUT2D eigenvalue weighted by molar-refractivity contribution is 5.48. The summed E-state index contributed by atoms with van der Waals surface area (Å²) in [6, 6.07) is 7.63. The van der Waals surface area contributed by atoms with Crippen LogP contribution in [0.3, 0.4) is 0 Å². The van der Waals surface area contributed by atoms with Gasteiger partial charge in [0.15, 0.2) is 5.79 Å². The third-order valence-corrected chi connectivity index (χ3v) is 3.89. The molecule has 2 aliphatic rings. The smallest absolute Gasteiger partial charge is 0.169 e. The molecule has 18 heavy (non-hydrogen) atoms. The maximum atomic E-state index is 9.49. The van der Waals surface area contributed by atoms with Gasteiger partial charge in [-0.05, 0) is 18.9 Å². The first-order chi connectivity index (χ1) is 8.74. The van der Waals surface area contributed by atoms with Crippen molar-refractivity contribution in [3.05, 3.63) is 29.8 Å². The number of aliphatic hydroxyl groups excluding tert-OH is 1. The molecular formula is C14H19NO3. The lowest BCUT2D eigenvalue weighted by atomic mass is 10.0. The van der Waals surface area contributed by atoms with Crippen molar-refractivity contribution in [2.24, 2.45) is 0 Å². The normalized spacial score (nSPS) is 30.1.